The van der Waals surface area contributed by atoms with E-state index < -0.39 is 0 Å². The minimum absolute atomic E-state index is 0.123. The first kappa shape index (κ1) is 15.6. The highest BCUT2D eigenvalue weighted by atomic mass is 32.1. The Balaban J connectivity index is 1.97. The van der Waals surface area contributed by atoms with Crippen LogP contribution >= 0.6 is 11.3 Å². The third-order valence-corrected chi connectivity index (χ3v) is 4.56. The van der Waals surface area contributed by atoms with Crippen LogP contribution < -0.4 is 5.32 Å². The molecule has 3 nitrogen and oxygen atoms in total. The molecule has 1 unspecified atom stereocenters. The van der Waals surface area contributed by atoms with Crippen LogP contribution in [0.5, 0.6) is 0 Å². The van der Waals surface area contributed by atoms with E-state index in [4.69, 9.17) is 0 Å². The molecule has 2 rings (SSSR count). The lowest BCUT2D eigenvalue weighted by Gasteiger charge is -2.14. The molecule has 1 aromatic carbocycles. The summed E-state index contributed by atoms with van der Waals surface area (Å²) in [5.74, 6) is 0.123. The monoisotopic (exact) mass is 302 g/mol. The maximum atomic E-state index is 11.7. The van der Waals surface area contributed by atoms with E-state index in [1.54, 1.807) is 19.0 Å². The van der Waals surface area contributed by atoms with Gasteiger partial charge in [0.1, 0.15) is 0 Å². The molecular weight excluding hydrogens is 280 g/mol. The van der Waals surface area contributed by atoms with Crippen molar-refractivity contribution >= 4 is 22.9 Å². The van der Waals surface area contributed by atoms with Crippen molar-refractivity contribution in [2.45, 2.75) is 26.3 Å². The summed E-state index contributed by atoms with van der Waals surface area (Å²) in [6.07, 6.45) is 0.451. The molecule has 1 aromatic heterocycles. The van der Waals surface area contributed by atoms with Gasteiger partial charge in [-0.2, -0.15) is 0 Å². The molecule has 0 bridgehead atoms. The molecule has 2 aromatic rings. The van der Waals surface area contributed by atoms with Gasteiger partial charge in [-0.3, -0.25) is 4.79 Å². The Morgan fingerprint density at radius 2 is 1.86 bits per heavy atom. The van der Waals surface area contributed by atoms with E-state index in [9.17, 15) is 4.79 Å². The lowest BCUT2D eigenvalue weighted by atomic mass is 10.1. The van der Waals surface area contributed by atoms with Crippen LogP contribution in [0, 0.1) is 6.92 Å². The number of likely N-dealkylation sites (N-methyl/N-ethyl adjacent to an activating group) is 1. The van der Waals surface area contributed by atoms with Crippen LogP contribution in [-0.4, -0.2) is 24.9 Å². The standard InChI is InChI=1S/C17H22N2OS/c1-12-5-10-16(21-12)13(2)18-15-8-6-14(7-9-15)11-17(20)19(3)4/h5-10,13,18H,11H2,1-4H3. The van der Waals surface area contributed by atoms with E-state index in [0.29, 0.717) is 6.42 Å². The Morgan fingerprint density at radius 3 is 2.38 bits per heavy atom. The van der Waals surface area contributed by atoms with Crippen molar-refractivity contribution in [3.63, 3.8) is 0 Å². The van der Waals surface area contributed by atoms with Crippen LogP contribution in [0.1, 0.15) is 28.3 Å². The van der Waals surface area contributed by atoms with E-state index in [0.717, 1.165) is 11.3 Å². The van der Waals surface area contributed by atoms with Gasteiger partial charge < -0.3 is 10.2 Å². The number of benzene rings is 1. The zero-order chi connectivity index (χ0) is 15.4. The highest BCUT2D eigenvalue weighted by Gasteiger charge is 2.08. The Bertz CT molecular complexity index is 602. The van der Waals surface area contributed by atoms with E-state index in [2.05, 4.69) is 31.3 Å². The zero-order valence-corrected chi connectivity index (χ0v) is 13.8. The average molecular weight is 302 g/mol. The molecular formula is C17H22N2OS. The van der Waals surface area contributed by atoms with Crippen LogP contribution in [0.25, 0.3) is 0 Å². The fraction of sp³-hybridized carbons (Fsp3) is 0.353. The molecule has 0 saturated heterocycles. The van der Waals surface area contributed by atoms with Crippen molar-refractivity contribution in [2.24, 2.45) is 0 Å². The van der Waals surface area contributed by atoms with Crippen molar-refractivity contribution in [2.75, 3.05) is 19.4 Å². The Morgan fingerprint density at radius 1 is 1.19 bits per heavy atom. The normalized spacial score (nSPS) is 12.0. The van der Waals surface area contributed by atoms with E-state index in [1.165, 1.54) is 9.75 Å². The van der Waals surface area contributed by atoms with Gasteiger partial charge >= 0.3 is 0 Å². The predicted molar refractivity (Wildman–Crippen MR) is 89.9 cm³/mol. The maximum Gasteiger partial charge on any atom is 0.226 e. The number of nitrogens with zero attached hydrogens (tertiary/aromatic N) is 1. The zero-order valence-electron chi connectivity index (χ0n) is 13.0. The van der Waals surface area contributed by atoms with Crippen molar-refractivity contribution < 1.29 is 4.79 Å². The van der Waals surface area contributed by atoms with Crippen LogP contribution in [0.2, 0.25) is 0 Å². The second kappa shape index (κ2) is 6.76. The molecule has 4 heteroatoms. The largest absolute Gasteiger partial charge is 0.378 e. The van der Waals surface area contributed by atoms with E-state index >= 15 is 0 Å². The third kappa shape index (κ3) is 4.33. The highest BCUT2D eigenvalue weighted by molar-refractivity contribution is 7.12. The van der Waals surface area contributed by atoms with E-state index in [-0.39, 0.29) is 11.9 Å². The predicted octanol–water partition coefficient (Wildman–Crippen LogP) is 3.86. The first-order chi connectivity index (χ1) is 9.95. The minimum atomic E-state index is 0.123. The number of hydrogen-bond donors (Lipinski definition) is 1. The number of amides is 1. The summed E-state index contributed by atoms with van der Waals surface area (Å²) in [6, 6.07) is 12.7. The van der Waals surface area contributed by atoms with Crippen LogP contribution in [0.3, 0.4) is 0 Å². The van der Waals surface area contributed by atoms with Gasteiger partial charge in [0.25, 0.3) is 0 Å². The fourth-order valence-electron chi connectivity index (χ4n) is 2.06. The number of hydrogen-bond acceptors (Lipinski definition) is 3. The van der Waals surface area contributed by atoms with E-state index in [1.807, 2.05) is 35.6 Å². The second-order valence-electron chi connectivity index (χ2n) is 5.48. The highest BCUT2D eigenvalue weighted by Crippen LogP contribution is 2.25. The molecule has 1 N–H and O–H groups in total. The summed E-state index contributed by atoms with van der Waals surface area (Å²) in [5.41, 5.74) is 2.12. The Hall–Kier alpha value is -1.81. The van der Waals surface area contributed by atoms with Gasteiger partial charge in [0.2, 0.25) is 5.91 Å². The van der Waals surface area contributed by atoms with Crippen molar-refractivity contribution in [1.29, 1.82) is 0 Å². The molecule has 0 saturated carbocycles. The number of rotatable bonds is 5. The van der Waals surface area contributed by atoms with Crippen molar-refractivity contribution in [3.8, 4) is 0 Å². The Kier molecular flexibility index (Phi) is 5.02. The molecule has 0 aliphatic rings. The van der Waals surface area contributed by atoms with Gasteiger partial charge in [-0.15, -0.1) is 11.3 Å². The van der Waals surface area contributed by atoms with Crippen LogP contribution in [0.15, 0.2) is 36.4 Å². The first-order valence-corrected chi connectivity index (χ1v) is 7.89. The molecule has 21 heavy (non-hydrogen) atoms. The average Bonchev–Trinajstić information content (AvgIpc) is 2.87. The van der Waals surface area contributed by atoms with Gasteiger partial charge in [-0.05, 0) is 43.7 Å². The molecule has 0 aliphatic carbocycles. The number of anilines is 1. The number of thiophene rings is 1. The molecule has 1 atom stereocenters. The molecule has 1 heterocycles. The number of aryl methyl sites for hydroxylation is 1. The topological polar surface area (TPSA) is 32.3 Å². The number of carbonyl (C=O) groups excluding carboxylic acids is 1. The van der Waals surface area contributed by atoms with Crippen molar-refractivity contribution in [3.05, 3.63) is 51.7 Å². The minimum Gasteiger partial charge on any atom is -0.378 e. The van der Waals surface area contributed by atoms with Crippen LogP contribution in [0.4, 0.5) is 5.69 Å². The Labute approximate surface area is 130 Å². The SMILES string of the molecule is Cc1ccc(C(C)Nc2ccc(CC(=O)N(C)C)cc2)s1. The molecule has 0 radical (unpaired) electrons. The summed E-state index contributed by atoms with van der Waals surface area (Å²) in [5, 5.41) is 3.49. The second-order valence-corrected chi connectivity index (χ2v) is 6.80. The third-order valence-electron chi connectivity index (χ3n) is 3.38. The molecule has 0 fully saturated rings. The molecule has 0 spiro atoms. The lowest BCUT2D eigenvalue weighted by Crippen LogP contribution is -2.23. The van der Waals surface area contributed by atoms with Gasteiger partial charge in [0.15, 0.2) is 0 Å². The van der Waals surface area contributed by atoms with Gasteiger partial charge in [-0.25, -0.2) is 0 Å². The summed E-state index contributed by atoms with van der Waals surface area (Å²) in [6.45, 7) is 4.28. The van der Waals surface area contributed by atoms with Gasteiger partial charge in [0, 0.05) is 29.5 Å². The number of carbonyl (C=O) groups is 1. The molecule has 1 amide bonds. The van der Waals surface area contributed by atoms with Gasteiger partial charge in [-0.1, -0.05) is 12.1 Å². The molecule has 0 aliphatic heterocycles. The summed E-state index contributed by atoms with van der Waals surface area (Å²) < 4.78 is 0. The fourth-order valence-corrected chi connectivity index (χ4v) is 2.94. The summed E-state index contributed by atoms with van der Waals surface area (Å²) in [4.78, 5) is 16.0. The maximum absolute atomic E-state index is 11.7. The first-order valence-electron chi connectivity index (χ1n) is 7.07. The van der Waals surface area contributed by atoms with Gasteiger partial charge in [0.05, 0.1) is 12.5 Å². The smallest absolute Gasteiger partial charge is 0.226 e. The summed E-state index contributed by atoms with van der Waals surface area (Å²) >= 11 is 1.82. The van der Waals surface area contributed by atoms with Crippen molar-refractivity contribution in [1.82, 2.24) is 4.90 Å². The number of nitrogens with one attached hydrogen (secondary N) is 1. The van der Waals surface area contributed by atoms with Crippen LogP contribution in [-0.2, 0) is 11.2 Å². The lowest BCUT2D eigenvalue weighted by molar-refractivity contribution is -0.127. The molecule has 112 valence electrons. The quantitative estimate of drug-likeness (QED) is 0.909. The summed E-state index contributed by atoms with van der Waals surface area (Å²) in [7, 11) is 3.56.